The van der Waals surface area contributed by atoms with Gasteiger partial charge in [0.05, 0.1) is 31.9 Å². The predicted molar refractivity (Wildman–Crippen MR) is 74.2 cm³/mol. The molecule has 1 aromatic rings. The largest absolute Gasteiger partial charge is 0.495 e. The number of methoxy groups -OCH3 is 1. The van der Waals surface area contributed by atoms with Crippen molar-refractivity contribution in [2.45, 2.75) is 13.0 Å². The van der Waals surface area contributed by atoms with E-state index in [4.69, 9.17) is 21.1 Å². The molecule has 1 aliphatic rings. The first kappa shape index (κ1) is 14.3. The van der Waals surface area contributed by atoms with Crippen LogP contribution >= 0.6 is 11.6 Å². The first-order valence-electron chi connectivity index (χ1n) is 6.30. The summed E-state index contributed by atoms with van der Waals surface area (Å²) in [5.41, 5.74) is 0.615. The van der Waals surface area contributed by atoms with E-state index in [1.807, 2.05) is 0 Å². The zero-order chi connectivity index (χ0) is 13.8. The topological polar surface area (TPSA) is 38.8 Å². The van der Waals surface area contributed by atoms with Crippen LogP contribution in [0, 0.1) is 0 Å². The van der Waals surface area contributed by atoms with E-state index in [0.29, 0.717) is 36.1 Å². The molecule has 1 aliphatic heterocycles. The van der Waals surface area contributed by atoms with Crippen LogP contribution < -0.4 is 4.74 Å². The number of benzene rings is 1. The molecule has 5 heteroatoms. The Balaban J connectivity index is 2.05. The minimum absolute atomic E-state index is 0.0679. The predicted octanol–water partition coefficient (Wildman–Crippen LogP) is 2.25. The highest BCUT2D eigenvalue weighted by Crippen LogP contribution is 2.25. The van der Waals surface area contributed by atoms with Crippen LogP contribution in [0.4, 0.5) is 0 Å². The number of nitrogens with zero attached hydrogens (tertiary/aromatic N) is 1. The highest BCUT2D eigenvalue weighted by atomic mass is 35.5. The van der Waals surface area contributed by atoms with Crippen LogP contribution in [-0.2, 0) is 4.74 Å². The Morgan fingerprint density at radius 1 is 1.58 bits per heavy atom. The number of hydrogen-bond donors (Lipinski definition) is 0. The van der Waals surface area contributed by atoms with E-state index in [-0.39, 0.29) is 11.8 Å². The second-order valence-corrected chi connectivity index (χ2v) is 5.07. The molecule has 0 radical (unpaired) electrons. The highest BCUT2D eigenvalue weighted by molar-refractivity contribution is 6.32. The molecule has 0 spiro atoms. The van der Waals surface area contributed by atoms with Gasteiger partial charge in [-0.05, 0) is 25.1 Å². The Hall–Kier alpha value is -1.10. The van der Waals surface area contributed by atoms with Gasteiger partial charge in [-0.2, -0.15) is 0 Å². The molecule has 1 aromatic carbocycles. The van der Waals surface area contributed by atoms with Crippen molar-refractivity contribution in [3.8, 4) is 5.75 Å². The van der Waals surface area contributed by atoms with Crippen molar-refractivity contribution in [1.82, 2.24) is 4.90 Å². The number of halogens is 1. The van der Waals surface area contributed by atoms with Crippen molar-refractivity contribution in [3.63, 3.8) is 0 Å². The Kier molecular flexibility index (Phi) is 4.80. The van der Waals surface area contributed by atoms with E-state index in [1.54, 1.807) is 25.3 Å². The average Bonchev–Trinajstić information content (AvgIpc) is 2.41. The maximum Gasteiger partial charge on any atom is 0.176 e. The van der Waals surface area contributed by atoms with Crippen molar-refractivity contribution in [2.24, 2.45) is 0 Å². The van der Waals surface area contributed by atoms with E-state index in [1.165, 1.54) is 0 Å². The van der Waals surface area contributed by atoms with E-state index >= 15 is 0 Å². The van der Waals surface area contributed by atoms with Crippen LogP contribution in [0.3, 0.4) is 0 Å². The van der Waals surface area contributed by atoms with Crippen molar-refractivity contribution < 1.29 is 14.3 Å². The molecule has 0 N–H and O–H groups in total. The summed E-state index contributed by atoms with van der Waals surface area (Å²) in [5.74, 6) is 0.649. The molecule has 1 heterocycles. The lowest BCUT2D eigenvalue weighted by Gasteiger charge is -2.32. The van der Waals surface area contributed by atoms with Crippen LogP contribution in [0.1, 0.15) is 17.3 Å². The molecule has 1 unspecified atom stereocenters. The average molecular weight is 284 g/mol. The van der Waals surface area contributed by atoms with E-state index in [0.717, 1.165) is 6.54 Å². The summed E-state index contributed by atoms with van der Waals surface area (Å²) in [6, 6.07) is 5.40. The first-order valence-corrected chi connectivity index (χ1v) is 6.68. The standard InChI is InChI=1S/C14H18ClNO3/c1-10-9-19-6-5-16(10)8-13(17)11-3-4-14(18-2)12(15)7-11/h3-4,7,10H,5-6,8-9H2,1-2H3. The Morgan fingerprint density at radius 3 is 3.00 bits per heavy atom. The molecule has 0 amide bonds. The second-order valence-electron chi connectivity index (χ2n) is 4.67. The number of ether oxygens (including phenoxy) is 2. The number of carbonyl (C=O) groups is 1. The van der Waals surface area contributed by atoms with Crippen LogP contribution in [0.5, 0.6) is 5.75 Å². The third-order valence-corrected chi connectivity index (χ3v) is 3.62. The maximum atomic E-state index is 12.2. The normalized spacial score (nSPS) is 20.3. The smallest absolute Gasteiger partial charge is 0.176 e. The Bertz CT molecular complexity index is 464. The van der Waals surface area contributed by atoms with Gasteiger partial charge in [-0.1, -0.05) is 11.6 Å². The summed E-state index contributed by atoms with van der Waals surface area (Å²) in [6.07, 6.45) is 0. The fraction of sp³-hybridized carbons (Fsp3) is 0.500. The summed E-state index contributed by atoms with van der Waals surface area (Å²) in [5, 5.41) is 0.461. The fourth-order valence-corrected chi connectivity index (χ4v) is 2.37. The minimum Gasteiger partial charge on any atom is -0.495 e. The molecule has 104 valence electrons. The first-order chi connectivity index (χ1) is 9.11. The lowest BCUT2D eigenvalue weighted by atomic mass is 10.1. The monoisotopic (exact) mass is 283 g/mol. The Labute approximate surface area is 118 Å². The van der Waals surface area contributed by atoms with Crippen molar-refractivity contribution in [3.05, 3.63) is 28.8 Å². The number of hydrogen-bond acceptors (Lipinski definition) is 4. The quantitative estimate of drug-likeness (QED) is 0.795. The Morgan fingerprint density at radius 2 is 2.37 bits per heavy atom. The maximum absolute atomic E-state index is 12.2. The lowest BCUT2D eigenvalue weighted by molar-refractivity contribution is 0.00201. The number of ketones is 1. The minimum atomic E-state index is 0.0679. The van der Waals surface area contributed by atoms with Crippen molar-refractivity contribution >= 4 is 17.4 Å². The summed E-state index contributed by atoms with van der Waals surface area (Å²) >= 11 is 6.03. The summed E-state index contributed by atoms with van der Waals surface area (Å²) < 4.78 is 10.4. The number of carbonyl (C=O) groups excluding carboxylic acids is 1. The highest BCUT2D eigenvalue weighted by Gasteiger charge is 2.21. The molecule has 19 heavy (non-hydrogen) atoms. The van der Waals surface area contributed by atoms with Gasteiger partial charge < -0.3 is 9.47 Å². The number of rotatable bonds is 4. The van der Waals surface area contributed by atoms with Gasteiger partial charge in [-0.3, -0.25) is 9.69 Å². The number of Topliss-reactive ketones (excluding diaryl/α,β-unsaturated/α-hetero) is 1. The second kappa shape index (κ2) is 6.37. The van der Waals surface area contributed by atoms with Crippen molar-refractivity contribution in [2.75, 3.05) is 33.4 Å². The molecule has 2 rings (SSSR count). The summed E-state index contributed by atoms with van der Waals surface area (Å²) in [7, 11) is 1.55. The zero-order valence-electron chi connectivity index (χ0n) is 11.2. The molecular weight excluding hydrogens is 266 g/mol. The van der Waals surface area contributed by atoms with Crippen LogP contribution in [0.25, 0.3) is 0 Å². The van der Waals surface area contributed by atoms with Crippen LogP contribution in [0.2, 0.25) is 5.02 Å². The van der Waals surface area contributed by atoms with Gasteiger partial charge >= 0.3 is 0 Å². The van der Waals surface area contributed by atoms with E-state index in [9.17, 15) is 4.79 Å². The van der Waals surface area contributed by atoms with E-state index in [2.05, 4.69) is 11.8 Å². The third-order valence-electron chi connectivity index (χ3n) is 3.33. The van der Waals surface area contributed by atoms with Crippen molar-refractivity contribution in [1.29, 1.82) is 0 Å². The summed E-state index contributed by atoms with van der Waals surface area (Å²) in [6.45, 7) is 4.61. The van der Waals surface area contributed by atoms with Crippen LogP contribution in [0.15, 0.2) is 18.2 Å². The fourth-order valence-electron chi connectivity index (χ4n) is 2.11. The molecule has 1 atom stereocenters. The molecule has 0 aromatic heterocycles. The lowest BCUT2D eigenvalue weighted by Crippen LogP contribution is -2.45. The molecule has 1 fully saturated rings. The van der Waals surface area contributed by atoms with Gasteiger partial charge in [0.15, 0.2) is 5.78 Å². The molecule has 0 bridgehead atoms. The zero-order valence-corrected chi connectivity index (χ0v) is 11.9. The van der Waals surface area contributed by atoms with Gasteiger partial charge in [0, 0.05) is 18.2 Å². The van der Waals surface area contributed by atoms with Crippen LogP contribution in [-0.4, -0.2) is 50.1 Å². The van der Waals surface area contributed by atoms with Gasteiger partial charge in [-0.25, -0.2) is 0 Å². The molecule has 4 nitrogen and oxygen atoms in total. The molecule has 0 aliphatic carbocycles. The van der Waals surface area contributed by atoms with Gasteiger partial charge in [0.25, 0.3) is 0 Å². The van der Waals surface area contributed by atoms with E-state index < -0.39 is 0 Å². The molecule has 1 saturated heterocycles. The molecular formula is C14H18ClNO3. The third kappa shape index (κ3) is 3.47. The van der Waals surface area contributed by atoms with Gasteiger partial charge in [0.1, 0.15) is 5.75 Å². The number of morpholine rings is 1. The SMILES string of the molecule is COc1ccc(C(=O)CN2CCOCC2C)cc1Cl. The van der Waals surface area contributed by atoms with Gasteiger partial charge in [0.2, 0.25) is 0 Å². The molecule has 0 saturated carbocycles. The summed E-state index contributed by atoms with van der Waals surface area (Å²) in [4.78, 5) is 14.4. The van der Waals surface area contributed by atoms with Gasteiger partial charge in [-0.15, -0.1) is 0 Å².